The molecule has 0 atom stereocenters. The molecule has 8 aromatic carbocycles. The number of aromatic nitrogens is 4. The fourth-order valence-electron chi connectivity index (χ4n) is 9.11. The Kier molecular flexibility index (Phi) is 6.89. The number of hydrogen-bond donors (Lipinski definition) is 0. The summed E-state index contributed by atoms with van der Waals surface area (Å²) in [5, 5.41) is 7.35. The average Bonchev–Trinajstić information content (AvgIpc) is 3.92. The van der Waals surface area contributed by atoms with Gasteiger partial charge in [-0.1, -0.05) is 158 Å². The number of benzene rings is 8. The molecular formula is C53H34N4. The van der Waals surface area contributed by atoms with Gasteiger partial charge in [-0.15, -0.1) is 0 Å². The van der Waals surface area contributed by atoms with Gasteiger partial charge in [0.1, 0.15) is 0 Å². The molecule has 4 nitrogen and oxygen atoms in total. The SMILES string of the molecule is c1ccc(-c2cc(-c3cccc(-n4c5ccccc5c5ccc6c7ccccc7n(-n7c8ccccc8c8ccccc87)c6c54)c3)cc(-c3ccccc3)n2)cc1. The van der Waals surface area contributed by atoms with Crippen molar-refractivity contribution in [1.82, 2.24) is 18.9 Å². The maximum absolute atomic E-state index is 5.18. The Morgan fingerprint density at radius 3 is 1.30 bits per heavy atom. The molecule has 0 spiro atoms. The predicted molar refractivity (Wildman–Crippen MR) is 238 cm³/mol. The number of rotatable bonds is 5. The first-order valence-electron chi connectivity index (χ1n) is 19.5. The van der Waals surface area contributed by atoms with E-state index in [9.17, 15) is 0 Å². The molecular weight excluding hydrogens is 693 g/mol. The number of fused-ring (bicyclic) bond motifs is 10. The molecule has 0 aliphatic rings. The summed E-state index contributed by atoms with van der Waals surface area (Å²) in [6.45, 7) is 0. The van der Waals surface area contributed by atoms with Gasteiger partial charge >= 0.3 is 0 Å². The Hall–Kier alpha value is -7.69. The zero-order valence-corrected chi connectivity index (χ0v) is 30.9. The van der Waals surface area contributed by atoms with Crippen LogP contribution in [-0.4, -0.2) is 18.9 Å². The van der Waals surface area contributed by atoms with Crippen molar-refractivity contribution < 1.29 is 0 Å². The lowest BCUT2D eigenvalue weighted by Gasteiger charge is -2.16. The first-order valence-corrected chi connectivity index (χ1v) is 19.5. The van der Waals surface area contributed by atoms with Gasteiger partial charge in [0.05, 0.1) is 44.5 Å². The van der Waals surface area contributed by atoms with Crippen molar-refractivity contribution in [2.45, 2.75) is 0 Å². The molecule has 0 fully saturated rings. The normalized spacial score (nSPS) is 11.9. The minimum Gasteiger partial charge on any atom is -0.307 e. The molecule has 4 heterocycles. The molecule has 0 saturated heterocycles. The fourth-order valence-corrected chi connectivity index (χ4v) is 9.11. The van der Waals surface area contributed by atoms with Crippen molar-refractivity contribution in [1.29, 1.82) is 0 Å². The molecule has 0 unspecified atom stereocenters. The van der Waals surface area contributed by atoms with E-state index in [2.05, 4.69) is 220 Å². The molecule has 0 aliphatic heterocycles. The zero-order chi connectivity index (χ0) is 37.5. The van der Waals surface area contributed by atoms with Crippen molar-refractivity contribution in [3.05, 3.63) is 206 Å². The van der Waals surface area contributed by atoms with Crippen molar-refractivity contribution in [3.8, 4) is 39.3 Å². The molecule has 0 amide bonds. The molecule has 0 aliphatic carbocycles. The van der Waals surface area contributed by atoms with Crippen molar-refractivity contribution in [3.63, 3.8) is 0 Å². The van der Waals surface area contributed by atoms with Crippen molar-refractivity contribution in [2.75, 3.05) is 0 Å². The topological polar surface area (TPSA) is 27.7 Å². The molecule has 4 heteroatoms. The van der Waals surface area contributed by atoms with Gasteiger partial charge in [0.25, 0.3) is 0 Å². The molecule has 0 N–H and O–H groups in total. The predicted octanol–water partition coefficient (Wildman–Crippen LogP) is 13.7. The third-order valence-electron chi connectivity index (χ3n) is 11.6. The first kappa shape index (κ1) is 31.6. The van der Waals surface area contributed by atoms with Crippen LogP contribution in [0.15, 0.2) is 206 Å². The van der Waals surface area contributed by atoms with Gasteiger partial charge in [-0.05, 0) is 59.7 Å². The lowest BCUT2D eigenvalue weighted by molar-refractivity contribution is 0.776. The van der Waals surface area contributed by atoms with Crippen LogP contribution < -0.4 is 0 Å². The largest absolute Gasteiger partial charge is 0.307 e. The van der Waals surface area contributed by atoms with E-state index < -0.39 is 0 Å². The highest BCUT2D eigenvalue weighted by Gasteiger charge is 2.23. The van der Waals surface area contributed by atoms with Crippen LogP contribution in [0, 0.1) is 0 Å². The van der Waals surface area contributed by atoms with Gasteiger partial charge in [0, 0.05) is 49.1 Å². The molecule has 0 bridgehead atoms. The number of para-hydroxylation sites is 4. The minimum atomic E-state index is 0.951. The Bertz CT molecular complexity index is 3400. The van der Waals surface area contributed by atoms with Gasteiger partial charge in [-0.3, -0.25) is 0 Å². The molecule has 0 radical (unpaired) electrons. The lowest BCUT2D eigenvalue weighted by atomic mass is 9.99. The smallest absolute Gasteiger partial charge is 0.0963 e. The summed E-state index contributed by atoms with van der Waals surface area (Å²) in [6.07, 6.45) is 0. The van der Waals surface area contributed by atoms with Crippen LogP contribution in [0.4, 0.5) is 0 Å². The Morgan fingerprint density at radius 2 is 0.719 bits per heavy atom. The second-order valence-corrected chi connectivity index (χ2v) is 14.8. The van der Waals surface area contributed by atoms with Gasteiger partial charge in [0.2, 0.25) is 0 Å². The molecule has 4 aromatic heterocycles. The van der Waals surface area contributed by atoms with E-state index >= 15 is 0 Å². The Morgan fingerprint density at radius 1 is 0.281 bits per heavy atom. The second kappa shape index (κ2) is 12.4. The maximum Gasteiger partial charge on any atom is 0.0963 e. The van der Waals surface area contributed by atoms with Crippen LogP contribution in [0.25, 0.3) is 105 Å². The van der Waals surface area contributed by atoms with Crippen LogP contribution in [0.2, 0.25) is 0 Å². The van der Waals surface area contributed by atoms with Crippen LogP contribution in [-0.2, 0) is 0 Å². The van der Waals surface area contributed by atoms with E-state index in [0.29, 0.717) is 0 Å². The Labute approximate surface area is 328 Å². The highest BCUT2D eigenvalue weighted by molar-refractivity contribution is 6.23. The van der Waals surface area contributed by atoms with E-state index in [1.807, 2.05) is 0 Å². The van der Waals surface area contributed by atoms with Crippen LogP contribution in [0.1, 0.15) is 0 Å². The Balaban J connectivity index is 1.18. The van der Waals surface area contributed by atoms with Crippen molar-refractivity contribution in [2.24, 2.45) is 0 Å². The van der Waals surface area contributed by atoms with Crippen LogP contribution in [0.5, 0.6) is 0 Å². The highest BCUT2D eigenvalue weighted by atomic mass is 15.5. The summed E-state index contributed by atoms with van der Waals surface area (Å²) in [4.78, 5) is 5.18. The maximum atomic E-state index is 5.18. The third-order valence-corrected chi connectivity index (χ3v) is 11.6. The van der Waals surface area contributed by atoms with Gasteiger partial charge in [-0.2, -0.15) is 0 Å². The van der Waals surface area contributed by atoms with Crippen LogP contribution in [0.3, 0.4) is 0 Å². The molecule has 12 aromatic rings. The van der Waals surface area contributed by atoms with Crippen molar-refractivity contribution >= 4 is 65.4 Å². The summed E-state index contributed by atoms with van der Waals surface area (Å²) in [5.41, 5.74) is 14.5. The van der Waals surface area contributed by atoms with E-state index in [0.717, 1.165) is 44.8 Å². The van der Waals surface area contributed by atoms with Gasteiger partial charge in [-0.25, -0.2) is 14.3 Å². The summed E-state index contributed by atoms with van der Waals surface area (Å²) in [5.74, 6) is 0. The standard InChI is InChI=1S/C53H34N4/c1-3-16-35(17-4-1)46-33-38(34-47(54-46)36-18-5-2-6-19-36)37-20-15-21-39(32-37)55-48-26-11-7-24-42(48)44-30-31-45-43-25-10-14-29-51(43)57(53(45)52(44)55)56-49-27-12-8-22-40(49)41-23-9-13-28-50(41)56/h1-34H. The molecule has 0 saturated carbocycles. The summed E-state index contributed by atoms with van der Waals surface area (Å²) >= 11 is 0. The zero-order valence-electron chi connectivity index (χ0n) is 30.9. The summed E-state index contributed by atoms with van der Waals surface area (Å²) < 4.78 is 7.38. The second-order valence-electron chi connectivity index (χ2n) is 14.8. The first-order chi connectivity index (χ1) is 28.3. The molecule has 57 heavy (non-hydrogen) atoms. The molecule has 12 rings (SSSR count). The highest BCUT2D eigenvalue weighted by Crippen LogP contribution is 2.43. The van der Waals surface area contributed by atoms with E-state index in [1.54, 1.807) is 0 Å². The third kappa shape index (κ3) is 4.77. The lowest BCUT2D eigenvalue weighted by Crippen LogP contribution is -2.09. The number of pyridine rings is 1. The summed E-state index contributed by atoms with van der Waals surface area (Å²) in [6, 6.07) is 74.3. The van der Waals surface area contributed by atoms with E-state index in [4.69, 9.17) is 4.98 Å². The van der Waals surface area contributed by atoms with E-state index in [1.165, 1.54) is 59.9 Å². The van der Waals surface area contributed by atoms with Gasteiger partial charge in [0.15, 0.2) is 0 Å². The van der Waals surface area contributed by atoms with Gasteiger partial charge < -0.3 is 4.57 Å². The monoisotopic (exact) mass is 726 g/mol. The quantitative estimate of drug-likeness (QED) is 0.174. The van der Waals surface area contributed by atoms with E-state index in [-0.39, 0.29) is 0 Å². The number of nitrogens with zero attached hydrogens (tertiary/aromatic N) is 4. The fraction of sp³-hybridized carbons (Fsp3) is 0. The summed E-state index contributed by atoms with van der Waals surface area (Å²) in [7, 11) is 0. The number of hydrogen-bond acceptors (Lipinski definition) is 1. The molecule has 266 valence electrons. The van der Waals surface area contributed by atoms with Crippen LogP contribution >= 0.6 is 0 Å². The average molecular weight is 727 g/mol. The minimum absolute atomic E-state index is 0.951.